The molecule has 3 N–H and O–H groups in total. The molecule has 1 fully saturated rings. The summed E-state index contributed by atoms with van der Waals surface area (Å²) in [7, 11) is 0. The topological polar surface area (TPSA) is 66.6 Å². The van der Waals surface area contributed by atoms with Gasteiger partial charge in [0.1, 0.15) is 0 Å². The zero-order chi connectivity index (χ0) is 14.8. The van der Waals surface area contributed by atoms with Gasteiger partial charge >= 0.3 is 5.97 Å². The molecule has 0 amide bonds. The number of likely N-dealkylation sites (tertiary alicyclic amines) is 1. The fourth-order valence-electron chi connectivity index (χ4n) is 3.42. The van der Waals surface area contributed by atoms with E-state index in [1.54, 1.807) is 0 Å². The maximum Gasteiger partial charge on any atom is 0.311 e. The van der Waals surface area contributed by atoms with Crippen LogP contribution in [0.5, 0.6) is 0 Å². The standard InChI is InChI=1S/C16H24N2O2/c1-12-8-16(11-17,15(19)20)9-13(2)18(12)10-14-6-4-3-5-7-14/h3-7,12-13H,8-11,17H2,1-2H3,(H,19,20)/t12-,13+,16?. The Balaban J connectivity index is 2.13. The summed E-state index contributed by atoms with van der Waals surface area (Å²) in [6.45, 7) is 5.29. The van der Waals surface area contributed by atoms with Crippen LogP contribution in [0, 0.1) is 5.41 Å². The number of rotatable bonds is 4. The van der Waals surface area contributed by atoms with Crippen LogP contribution in [-0.2, 0) is 11.3 Å². The van der Waals surface area contributed by atoms with E-state index in [1.807, 2.05) is 18.2 Å². The molecule has 1 aromatic rings. The van der Waals surface area contributed by atoms with E-state index in [-0.39, 0.29) is 18.6 Å². The highest BCUT2D eigenvalue weighted by Crippen LogP contribution is 2.38. The minimum absolute atomic E-state index is 0.218. The Kier molecular flexibility index (Phi) is 4.45. The number of carbonyl (C=O) groups is 1. The summed E-state index contributed by atoms with van der Waals surface area (Å²) in [4.78, 5) is 13.9. The number of benzene rings is 1. The summed E-state index contributed by atoms with van der Waals surface area (Å²) in [6.07, 6.45) is 1.24. The molecule has 110 valence electrons. The van der Waals surface area contributed by atoms with E-state index < -0.39 is 11.4 Å². The van der Waals surface area contributed by atoms with Gasteiger partial charge in [-0.15, -0.1) is 0 Å². The number of carboxylic acids is 1. The quantitative estimate of drug-likeness (QED) is 0.883. The van der Waals surface area contributed by atoms with E-state index in [9.17, 15) is 9.90 Å². The summed E-state index contributed by atoms with van der Waals surface area (Å²) in [5, 5.41) is 9.50. The molecule has 0 spiro atoms. The maximum absolute atomic E-state index is 11.6. The lowest BCUT2D eigenvalue weighted by Gasteiger charge is -2.47. The van der Waals surface area contributed by atoms with Crippen molar-refractivity contribution in [3.8, 4) is 0 Å². The zero-order valence-electron chi connectivity index (χ0n) is 12.2. The second-order valence-corrected chi connectivity index (χ2v) is 6.05. The Bertz CT molecular complexity index is 449. The first-order valence-electron chi connectivity index (χ1n) is 7.21. The van der Waals surface area contributed by atoms with Gasteiger partial charge in [-0.1, -0.05) is 30.3 Å². The van der Waals surface area contributed by atoms with Crippen LogP contribution in [0.1, 0.15) is 32.3 Å². The van der Waals surface area contributed by atoms with E-state index in [4.69, 9.17) is 5.73 Å². The fourth-order valence-corrected chi connectivity index (χ4v) is 3.42. The molecule has 0 bridgehead atoms. The number of carboxylic acid groups (broad SMARTS) is 1. The zero-order valence-corrected chi connectivity index (χ0v) is 12.2. The number of hydrogen-bond acceptors (Lipinski definition) is 3. The monoisotopic (exact) mass is 276 g/mol. The van der Waals surface area contributed by atoms with Gasteiger partial charge in [0, 0.05) is 25.2 Å². The second-order valence-electron chi connectivity index (χ2n) is 6.05. The summed E-state index contributed by atoms with van der Waals surface area (Å²) in [6, 6.07) is 10.8. The van der Waals surface area contributed by atoms with E-state index in [0.717, 1.165) is 6.54 Å². The molecule has 1 aromatic carbocycles. The molecular formula is C16H24N2O2. The summed E-state index contributed by atoms with van der Waals surface area (Å²) in [5.41, 5.74) is 6.27. The Morgan fingerprint density at radius 1 is 1.30 bits per heavy atom. The van der Waals surface area contributed by atoms with Crippen LogP contribution in [0.3, 0.4) is 0 Å². The van der Waals surface area contributed by atoms with E-state index in [0.29, 0.717) is 12.8 Å². The smallest absolute Gasteiger partial charge is 0.311 e. The molecule has 2 rings (SSSR count). The second kappa shape index (κ2) is 5.94. The molecule has 0 aliphatic carbocycles. The van der Waals surface area contributed by atoms with Crippen molar-refractivity contribution in [2.45, 2.75) is 45.3 Å². The van der Waals surface area contributed by atoms with Crippen LogP contribution in [0.2, 0.25) is 0 Å². The minimum atomic E-state index is -0.758. The first kappa shape index (κ1) is 15.0. The molecule has 1 aliphatic heterocycles. The first-order chi connectivity index (χ1) is 9.48. The van der Waals surface area contributed by atoms with Crippen molar-refractivity contribution in [2.24, 2.45) is 11.1 Å². The highest BCUT2D eigenvalue weighted by Gasteiger charge is 2.46. The van der Waals surface area contributed by atoms with E-state index in [2.05, 4.69) is 30.9 Å². The van der Waals surface area contributed by atoms with Gasteiger partial charge < -0.3 is 10.8 Å². The van der Waals surface area contributed by atoms with E-state index >= 15 is 0 Å². The van der Waals surface area contributed by atoms with Gasteiger partial charge in [0.05, 0.1) is 5.41 Å². The van der Waals surface area contributed by atoms with Crippen LogP contribution < -0.4 is 5.73 Å². The van der Waals surface area contributed by atoms with Crippen molar-refractivity contribution >= 4 is 5.97 Å². The highest BCUT2D eigenvalue weighted by atomic mass is 16.4. The van der Waals surface area contributed by atoms with E-state index in [1.165, 1.54) is 5.56 Å². The predicted molar refractivity (Wildman–Crippen MR) is 79.3 cm³/mol. The highest BCUT2D eigenvalue weighted by molar-refractivity contribution is 5.75. The van der Waals surface area contributed by atoms with Crippen LogP contribution in [0.15, 0.2) is 30.3 Å². The Morgan fingerprint density at radius 3 is 2.30 bits per heavy atom. The van der Waals surface area contributed by atoms with Gasteiger partial charge in [-0.05, 0) is 32.3 Å². The van der Waals surface area contributed by atoms with Crippen molar-refractivity contribution in [3.63, 3.8) is 0 Å². The van der Waals surface area contributed by atoms with Crippen molar-refractivity contribution in [1.29, 1.82) is 0 Å². The fraction of sp³-hybridized carbons (Fsp3) is 0.562. The summed E-state index contributed by atoms with van der Waals surface area (Å²) < 4.78 is 0. The average Bonchev–Trinajstić information content (AvgIpc) is 2.43. The lowest BCUT2D eigenvalue weighted by molar-refractivity contribution is -0.154. The Hall–Kier alpha value is -1.39. The van der Waals surface area contributed by atoms with Gasteiger partial charge in [-0.2, -0.15) is 0 Å². The normalized spacial score (nSPS) is 31.1. The molecule has 0 saturated carbocycles. The molecule has 4 nitrogen and oxygen atoms in total. The van der Waals surface area contributed by atoms with Crippen molar-refractivity contribution in [2.75, 3.05) is 6.54 Å². The molecule has 4 heteroatoms. The molecule has 1 saturated heterocycles. The Morgan fingerprint density at radius 2 is 1.85 bits per heavy atom. The Labute approximate surface area is 120 Å². The van der Waals surface area contributed by atoms with Crippen LogP contribution in [0.4, 0.5) is 0 Å². The molecule has 1 unspecified atom stereocenters. The van der Waals surface area contributed by atoms with Crippen molar-refractivity contribution in [1.82, 2.24) is 4.90 Å². The third kappa shape index (κ3) is 2.86. The van der Waals surface area contributed by atoms with Crippen molar-refractivity contribution < 1.29 is 9.90 Å². The number of hydrogen-bond donors (Lipinski definition) is 2. The number of aliphatic carboxylic acids is 1. The molecule has 1 heterocycles. The molecule has 20 heavy (non-hydrogen) atoms. The third-order valence-electron chi connectivity index (χ3n) is 4.56. The number of nitrogens with two attached hydrogens (primary N) is 1. The number of nitrogens with zero attached hydrogens (tertiary/aromatic N) is 1. The average molecular weight is 276 g/mol. The van der Waals surface area contributed by atoms with Gasteiger partial charge in [0.2, 0.25) is 0 Å². The predicted octanol–water partition coefficient (Wildman–Crippen LogP) is 2.09. The lowest BCUT2D eigenvalue weighted by Crippen LogP contribution is -2.55. The van der Waals surface area contributed by atoms with Crippen molar-refractivity contribution in [3.05, 3.63) is 35.9 Å². The lowest BCUT2D eigenvalue weighted by atomic mass is 9.72. The molecule has 3 atom stereocenters. The third-order valence-corrected chi connectivity index (χ3v) is 4.56. The molecule has 1 aliphatic rings. The molecular weight excluding hydrogens is 252 g/mol. The van der Waals surface area contributed by atoms with Gasteiger partial charge in [0.15, 0.2) is 0 Å². The minimum Gasteiger partial charge on any atom is -0.481 e. The van der Waals surface area contributed by atoms with Crippen LogP contribution in [-0.4, -0.2) is 34.6 Å². The summed E-state index contributed by atoms with van der Waals surface area (Å²) >= 11 is 0. The van der Waals surface area contributed by atoms with Gasteiger partial charge in [-0.3, -0.25) is 9.69 Å². The maximum atomic E-state index is 11.6. The van der Waals surface area contributed by atoms with Crippen LogP contribution >= 0.6 is 0 Å². The molecule has 0 aromatic heterocycles. The van der Waals surface area contributed by atoms with Gasteiger partial charge in [-0.25, -0.2) is 0 Å². The van der Waals surface area contributed by atoms with Gasteiger partial charge in [0.25, 0.3) is 0 Å². The SMILES string of the molecule is C[C@@H]1CC(CN)(C(=O)O)C[C@H](C)N1Cc1ccccc1. The molecule has 0 radical (unpaired) electrons. The number of piperidine rings is 1. The summed E-state index contributed by atoms with van der Waals surface area (Å²) in [5.74, 6) is -0.752. The first-order valence-corrected chi connectivity index (χ1v) is 7.21. The van der Waals surface area contributed by atoms with Crippen LogP contribution in [0.25, 0.3) is 0 Å². The largest absolute Gasteiger partial charge is 0.481 e.